The second kappa shape index (κ2) is 9.35. The molecule has 0 spiro atoms. The van der Waals surface area contributed by atoms with E-state index in [0.29, 0.717) is 11.4 Å². The molecule has 0 saturated heterocycles. The molecular formula is C22H27N3O3S. The van der Waals surface area contributed by atoms with Crippen LogP contribution in [0.25, 0.3) is 11.3 Å². The van der Waals surface area contributed by atoms with Crippen LogP contribution < -0.4 is 0 Å². The SMILES string of the molecule is CN(CCCc1cc(-c2ccccc2)no1)Cc1cccc(S(=O)(=O)N(C)C)c1. The molecule has 1 heterocycles. The molecule has 0 aliphatic rings. The Kier molecular flexibility index (Phi) is 6.84. The Labute approximate surface area is 172 Å². The first-order valence-corrected chi connectivity index (χ1v) is 11.0. The third kappa shape index (κ3) is 5.53. The third-order valence-corrected chi connectivity index (χ3v) is 6.53. The van der Waals surface area contributed by atoms with Crippen molar-refractivity contribution in [1.29, 1.82) is 0 Å². The van der Waals surface area contributed by atoms with Gasteiger partial charge in [0.1, 0.15) is 11.5 Å². The molecule has 154 valence electrons. The highest BCUT2D eigenvalue weighted by Crippen LogP contribution is 2.20. The van der Waals surface area contributed by atoms with E-state index in [1.165, 1.54) is 4.31 Å². The highest BCUT2D eigenvalue weighted by molar-refractivity contribution is 7.89. The zero-order valence-electron chi connectivity index (χ0n) is 17.1. The summed E-state index contributed by atoms with van der Waals surface area (Å²) >= 11 is 0. The molecule has 0 bridgehead atoms. The van der Waals surface area contributed by atoms with Crippen molar-refractivity contribution in [3.05, 3.63) is 72.0 Å². The normalized spacial score (nSPS) is 12.0. The van der Waals surface area contributed by atoms with Crippen LogP contribution in [0.5, 0.6) is 0 Å². The zero-order valence-corrected chi connectivity index (χ0v) is 17.9. The molecule has 0 radical (unpaired) electrons. The van der Waals surface area contributed by atoms with Gasteiger partial charge in [0.2, 0.25) is 10.0 Å². The van der Waals surface area contributed by atoms with Crippen molar-refractivity contribution in [2.45, 2.75) is 24.3 Å². The van der Waals surface area contributed by atoms with Gasteiger partial charge in [0.05, 0.1) is 4.90 Å². The van der Waals surface area contributed by atoms with Gasteiger partial charge in [0.25, 0.3) is 0 Å². The molecule has 0 unspecified atom stereocenters. The average molecular weight is 414 g/mol. The number of aryl methyl sites for hydroxylation is 1. The van der Waals surface area contributed by atoms with E-state index >= 15 is 0 Å². The smallest absolute Gasteiger partial charge is 0.242 e. The van der Waals surface area contributed by atoms with E-state index in [0.717, 1.165) is 42.0 Å². The van der Waals surface area contributed by atoms with Gasteiger partial charge in [-0.05, 0) is 37.7 Å². The molecule has 3 rings (SSSR count). The van der Waals surface area contributed by atoms with E-state index in [9.17, 15) is 8.42 Å². The molecule has 0 atom stereocenters. The summed E-state index contributed by atoms with van der Waals surface area (Å²) in [6.07, 6.45) is 1.73. The van der Waals surface area contributed by atoms with E-state index < -0.39 is 10.0 Å². The maximum atomic E-state index is 12.3. The molecule has 0 N–H and O–H groups in total. The fourth-order valence-electron chi connectivity index (χ4n) is 3.10. The molecule has 0 amide bonds. The number of hydrogen-bond acceptors (Lipinski definition) is 5. The predicted octanol–water partition coefficient (Wildman–Crippen LogP) is 3.66. The van der Waals surface area contributed by atoms with Crippen molar-refractivity contribution in [2.75, 3.05) is 27.7 Å². The molecule has 0 aliphatic heterocycles. The highest BCUT2D eigenvalue weighted by Gasteiger charge is 2.17. The minimum absolute atomic E-state index is 0.323. The Morgan fingerprint density at radius 3 is 2.45 bits per heavy atom. The van der Waals surface area contributed by atoms with Crippen LogP contribution in [-0.4, -0.2) is 50.5 Å². The second-order valence-corrected chi connectivity index (χ2v) is 9.47. The summed E-state index contributed by atoms with van der Waals surface area (Å²) in [5.41, 5.74) is 2.88. The largest absolute Gasteiger partial charge is 0.361 e. The van der Waals surface area contributed by atoms with Crippen LogP contribution in [0.2, 0.25) is 0 Å². The van der Waals surface area contributed by atoms with Crippen molar-refractivity contribution < 1.29 is 12.9 Å². The molecule has 7 heteroatoms. The first kappa shape index (κ1) is 21.2. The molecule has 6 nitrogen and oxygen atoms in total. The van der Waals surface area contributed by atoms with Crippen molar-refractivity contribution >= 4 is 10.0 Å². The first-order valence-electron chi connectivity index (χ1n) is 9.57. The van der Waals surface area contributed by atoms with Gasteiger partial charge < -0.3 is 9.42 Å². The monoisotopic (exact) mass is 413 g/mol. The van der Waals surface area contributed by atoms with Crippen LogP contribution >= 0.6 is 0 Å². The quantitative estimate of drug-likeness (QED) is 0.536. The van der Waals surface area contributed by atoms with Gasteiger partial charge in [-0.15, -0.1) is 0 Å². The summed E-state index contributed by atoms with van der Waals surface area (Å²) < 4.78 is 31.3. The Hall–Kier alpha value is -2.48. The number of sulfonamides is 1. The number of rotatable bonds is 9. The summed E-state index contributed by atoms with van der Waals surface area (Å²) in [5.74, 6) is 0.872. The molecule has 3 aromatic rings. The Morgan fingerprint density at radius 2 is 1.72 bits per heavy atom. The van der Waals surface area contributed by atoms with Gasteiger partial charge in [-0.3, -0.25) is 0 Å². The minimum atomic E-state index is -3.41. The lowest BCUT2D eigenvalue weighted by atomic mass is 10.1. The Bertz CT molecular complexity index is 1030. The van der Waals surface area contributed by atoms with Crippen LogP contribution in [0.4, 0.5) is 0 Å². The van der Waals surface area contributed by atoms with Crippen molar-refractivity contribution in [3.8, 4) is 11.3 Å². The summed E-state index contributed by atoms with van der Waals surface area (Å²) in [7, 11) is 1.70. The molecule has 2 aromatic carbocycles. The third-order valence-electron chi connectivity index (χ3n) is 4.72. The molecule has 1 aromatic heterocycles. The number of aromatic nitrogens is 1. The first-order chi connectivity index (χ1) is 13.9. The van der Waals surface area contributed by atoms with Gasteiger partial charge in [-0.25, -0.2) is 12.7 Å². The topological polar surface area (TPSA) is 66.7 Å². The van der Waals surface area contributed by atoms with Crippen molar-refractivity contribution in [1.82, 2.24) is 14.4 Å². The van der Waals surface area contributed by atoms with Gasteiger partial charge >= 0.3 is 0 Å². The van der Waals surface area contributed by atoms with E-state index in [4.69, 9.17) is 4.52 Å². The summed E-state index contributed by atoms with van der Waals surface area (Å²) in [6, 6.07) is 19.1. The lowest BCUT2D eigenvalue weighted by molar-refractivity contribution is 0.311. The van der Waals surface area contributed by atoms with Crippen molar-refractivity contribution in [2.24, 2.45) is 0 Å². The predicted molar refractivity (Wildman–Crippen MR) is 114 cm³/mol. The highest BCUT2D eigenvalue weighted by atomic mass is 32.2. The Morgan fingerprint density at radius 1 is 0.966 bits per heavy atom. The minimum Gasteiger partial charge on any atom is -0.361 e. The molecule has 29 heavy (non-hydrogen) atoms. The molecular weight excluding hydrogens is 386 g/mol. The summed E-state index contributed by atoms with van der Waals surface area (Å²) in [6.45, 7) is 1.55. The maximum absolute atomic E-state index is 12.3. The van der Waals surface area contributed by atoms with E-state index in [-0.39, 0.29) is 0 Å². The summed E-state index contributed by atoms with van der Waals surface area (Å²) in [4.78, 5) is 2.50. The van der Waals surface area contributed by atoms with Gasteiger partial charge in [-0.2, -0.15) is 0 Å². The molecule has 0 aliphatic carbocycles. The van der Waals surface area contributed by atoms with Crippen LogP contribution in [0, 0.1) is 0 Å². The van der Waals surface area contributed by atoms with Crippen LogP contribution in [0.15, 0.2) is 70.1 Å². The fraction of sp³-hybridized carbons (Fsp3) is 0.318. The number of benzene rings is 2. The average Bonchev–Trinajstić information content (AvgIpc) is 3.17. The lowest BCUT2D eigenvalue weighted by Crippen LogP contribution is -2.23. The maximum Gasteiger partial charge on any atom is 0.242 e. The van der Waals surface area contributed by atoms with Crippen LogP contribution in [-0.2, 0) is 23.0 Å². The van der Waals surface area contributed by atoms with Crippen molar-refractivity contribution in [3.63, 3.8) is 0 Å². The molecule has 0 fully saturated rings. The van der Waals surface area contributed by atoms with E-state index in [1.54, 1.807) is 32.3 Å². The van der Waals surface area contributed by atoms with E-state index in [1.807, 2.05) is 49.5 Å². The van der Waals surface area contributed by atoms with Gasteiger partial charge in [-0.1, -0.05) is 47.6 Å². The zero-order chi connectivity index (χ0) is 20.9. The molecule has 0 saturated carbocycles. The Balaban J connectivity index is 1.52. The number of nitrogens with zero attached hydrogens (tertiary/aromatic N) is 3. The number of hydrogen-bond donors (Lipinski definition) is 0. The van der Waals surface area contributed by atoms with Gasteiger partial charge in [0.15, 0.2) is 0 Å². The van der Waals surface area contributed by atoms with Crippen LogP contribution in [0.3, 0.4) is 0 Å². The van der Waals surface area contributed by atoms with Crippen LogP contribution in [0.1, 0.15) is 17.7 Å². The summed E-state index contributed by atoms with van der Waals surface area (Å²) in [5, 5.41) is 4.15. The lowest BCUT2D eigenvalue weighted by Gasteiger charge is -2.17. The second-order valence-electron chi connectivity index (χ2n) is 7.32. The fourth-order valence-corrected chi connectivity index (χ4v) is 4.08. The van der Waals surface area contributed by atoms with E-state index in [2.05, 4.69) is 10.1 Å². The standard InChI is InChI=1S/C22H27N3O3S/c1-24(2)29(26,27)21-13-7-9-18(15-21)17-25(3)14-8-12-20-16-22(23-28-20)19-10-5-4-6-11-19/h4-7,9-11,13,15-16H,8,12,14,17H2,1-3H3. The van der Waals surface area contributed by atoms with Gasteiger partial charge in [0, 0.05) is 38.7 Å².